The molecule has 16 nitrogen and oxygen atoms in total. The Bertz CT molecular complexity index is 1970. The van der Waals surface area contributed by atoms with Gasteiger partial charge in [0.2, 0.25) is 11.8 Å². The van der Waals surface area contributed by atoms with Gasteiger partial charge in [0, 0.05) is 31.8 Å². The van der Waals surface area contributed by atoms with Crippen LogP contribution in [-0.4, -0.2) is 114 Å². The first-order chi connectivity index (χ1) is 30.2. The number of nitrogens with one attached hydrogen (secondary N) is 2. The zero-order valence-corrected chi connectivity index (χ0v) is 35.2. The Morgan fingerprint density at radius 1 is 0.571 bits per heavy atom. The third-order valence-corrected chi connectivity index (χ3v) is 9.90. The van der Waals surface area contributed by atoms with Crippen LogP contribution in [0.25, 0.3) is 0 Å². The van der Waals surface area contributed by atoms with Gasteiger partial charge in [0.15, 0.2) is 17.3 Å². The van der Waals surface area contributed by atoms with E-state index in [0.717, 1.165) is 5.56 Å². The molecule has 3 rings (SSSR count). The number of terminal acetylenes is 1. The number of carbonyl (C=O) groups is 7. The van der Waals surface area contributed by atoms with Gasteiger partial charge >= 0.3 is 11.9 Å². The normalized spacial score (nSPS) is 13.3. The molecule has 2 amide bonds. The van der Waals surface area contributed by atoms with Crippen LogP contribution in [0.2, 0.25) is 0 Å². The molecule has 0 bridgehead atoms. The topological polar surface area (TPSA) is 258 Å². The van der Waals surface area contributed by atoms with Crippen molar-refractivity contribution in [2.75, 3.05) is 39.6 Å². The zero-order chi connectivity index (χ0) is 46.0. The lowest BCUT2D eigenvalue weighted by Gasteiger charge is -2.25. The molecule has 0 aliphatic heterocycles. The predicted octanol–water partition coefficient (Wildman–Crippen LogP) is 2.85. The molecule has 0 unspecified atom stereocenters. The summed E-state index contributed by atoms with van der Waals surface area (Å²) in [6, 6.07) is 20.1. The zero-order valence-electron chi connectivity index (χ0n) is 35.2. The number of carbonyl (C=O) groups excluding carboxylic acids is 5. The maximum atomic E-state index is 14.2. The maximum Gasteiger partial charge on any atom is 0.305 e. The van der Waals surface area contributed by atoms with Crippen molar-refractivity contribution < 1.29 is 63.1 Å². The summed E-state index contributed by atoms with van der Waals surface area (Å²) in [6.07, 6.45) is 2.70. The van der Waals surface area contributed by atoms with Crippen LogP contribution >= 0.6 is 0 Å². The van der Waals surface area contributed by atoms with Gasteiger partial charge in [-0.25, -0.2) is 0 Å². The average molecular weight is 872 g/mol. The Morgan fingerprint density at radius 3 is 1.67 bits per heavy atom. The number of benzene rings is 3. The van der Waals surface area contributed by atoms with Gasteiger partial charge in [0.25, 0.3) is 0 Å². The molecule has 0 spiro atoms. The Kier molecular flexibility index (Phi) is 23.0. The summed E-state index contributed by atoms with van der Waals surface area (Å²) in [5.41, 5.74) is 8.37. The number of nitrogens with two attached hydrogens (primary N) is 1. The molecular formula is C47H57N3O13. The van der Waals surface area contributed by atoms with E-state index in [4.69, 9.17) is 26.4 Å². The van der Waals surface area contributed by atoms with Gasteiger partial charge in [-0.15, -0.1) is 6.42 Å². The van der Waals surface area contributed by atoms with Crippen molar-refractivity contribution in [1.29, 1.82) is 0 Å². The van der Waals surface area contributed by atoms with Crippen LogP contribution in [0.5, 0.6) is 5.75 Å². The monoisotopic (exact) mass is 871 g/mol. The lowest BCUT2D eigenvalue weighted by molar-refractivity contribution is -0.144. The quantitative estimate of drug-likeness (QED) is 0.0390. The summed E-state index contributed by atoms with van der Waals surface area (Å²) in [7, 11) is 0. The fraction of sp³-hybridized carbons (Fsp3) is 0.426. The van der Waals surface area contributed by atoms with E-state index in [1.54, 1.807) is 42.5 Å². The first-order valence-electron chi connectivity index (χ1n) is 20.7. The van der Waals surface area contributed by atoms with Crippen molar-refractivity contribution >= 4 is 41.1 Å². The van der Waals surface area contributed by atoms with Gasteiger partial charge in [-0.1, -0.05) is 78.7 Å². The number of ether oxygens (including phenoxy) is 3. The number of phenols is 1. The summed E-state index contributed by atoms with van der Waals surface area (Å²) < 4.78 is 15.9. The second-order valence-corrected chi connectivity index (χ2v) is 15.0. The molecule has 338 valence electrons. The van der Waals surface area contributed by atoms with E-state index in [-0.39, 0.29) is 70.7 Å². The number of carboxylic acids is 2. The summed E-state index contributed by atoms with van der Waals surface area (Å²) >= 11 is 0. The van der Waals surface area contributed by atoms with Gasteiger partial charge in [-0.3, -0.25) is 33.6 Å². The fourth-order valence-corrected chi connectivity index (χ4v) is 6.59. The molecule has 3 aromatic carbocycles. The number of aliphatic carboxylic acids is 2. The van der Waals surface area contributed by atoms with Gasteiger partial charge in [0.05, 0.1) is 63.3 Å². The highest BCUT2D eigenvalue weighted by atomic mass is 16.5. The van der Waals surface area contributed by atoms with Crippen molar-refractivity contribution in [3.05, 3.63) is 102 Å². The van der Waals surface area contributed by atoms with E-state index >= 15 is 0 Å². The summed E-state index contributed by atoms with van der Waals surface area (Å²) in [6.45, 7) is 1.41. The molecule has 0 radical (unpaired) electrons. The maximum absolute atomic E-state index is 14.2. The van der Waals surface area contributed by atoms with Gasteiger partial charge in [-0.05, 0) is 54.5 Å². The van der Waals surface area contributed by atoms with Crippen LogP contribution in [0.15, 0.2) is 84.9 Å². The van der Waals surface area contributed by atoms with Crippen molar-refractivity contribution in [2.45, 2.75) is 75.9 Å². The highest BCUT2D eigenvalue weighted by Gasteiger charge is 2.34. The predicted molar refractivity (Wildman–Crippen MR) is 230 cm³/mol. The second kappa shape index (κ2) is 28.4. The largest absolute Gasteiger partial charge is 0.508 e. The van der Waals surface area contributed by atoms with E-state index < -0.39 is 90.3 Å². The van der Waals surface area contributed by atoms with Gasteiger partial charge in [-0.2, -0.15) is 0 Å². The Balaban J connectivity index is 1.75. The fourth-order valence-electron chi connectivity index (χ4n) is 6.59. The molecule has 0 aliphatic carbocycles. The first kappa shape index (κ1) is 51.1. The average Bonchev–Trinajstić information content (AvgIpc) is 3.25. The Morgan fingerprint density at radius 2 is 1.08 bits per heavy atom. The highest BCUT2D eigenvalue weighted by molar-refractivity contribution is 5.97. The first-order valence-corrected chi connectivity index (χ1v) is 20.7. The highest BCUT2D eigenvalue weighted by Crippen LogP contribution is 2.20. The number of ketones is 3. The van der Waals surface area contributed by atoms with E-state index in [2.05, 4.69) is 16.6 Å². The molecular weight excluding hydrogens is 815 g/mol. The lowest BCUT2D eigenvalue weighted by Crippen LogP contribution is -2.49. The third kappa shape index (κ3) is 20.4. The van der Waals surface area contributed by atoms with Crippen LogP contribution in [-0.2, 0) is 67.0 Å². The van der Waals surface area contributed by atoms with E-state index in [1.807, 2.05) is 30.3 Å². The molecule has 0 fully saturated rings. The van der Waals surface area contributed by atoms with Crippen LogP contribution < -0.4 is 16.4 Å². The molecule has 16 heteroatoms. The van der Waals surface area contributed by atoms with Crippen molar-refractivity contribution in [2.24, 2.45) is 17.6 Å². The minimum atomic E-state index is -1.56. The lowest BCUT2D eigenvalue weighted by atomic mass is 9.88. The summed E-state index contributed by atoms with van der Waals surface area (Å²) in [5, 5.41) is 34.3. The van der Waals surface area contributed by atoms with Crippen molar-refractivity contribution in [1.82, 2.24) is 10.6 Å². The van der Waals surface area contributed by atoms with Gasteiger partial charge in [0.1, 0.15) is 12.4 Å². The van der Waals surface area contributed by atoms with E-state index in [9.17, 15) is 48.9 Å². The molecule has 0 saturated carbocycles. The number of carboxylic acid groups (broad SMARTS) is 2. The Labute approximate surface area is 366 Å². The molecule has 0 heterocycles. The smallest absolute Gasteiger partial charge is 0.305 e. The molecule has 7 N–H and O–H groups in total. The number of hydrogen-bond acceptors (Lipinski definition) is 12. The van der Waals surface area contributed by atoms with E-state index in [0.29, 0.717) is 24.3 Å². The van der Waals surface area contributed by atoms with Crippen molar-refractivity contribution in [3.63, 3.8) is 0 Å². The SMILES string of the molecule is C#CCOCCOCCOCCCC(=O)[C@H](CC(=O)O)NC(=O)[C@H](CC(=O)O)CC(=O)[C@H](Cc1ccccc1)NC(=O)[C@@H](CC(=O)[C@@H](N)Cc1ccccc1)Cc1ccc(O)cc1. The third-order valence-electron chi connectivity index (χ3n) is 9.90. The minimum Gasteiger partial charge on any atom is -0.508 e. The Hall–Kier alpha value is -6.25. The molecule has 0 saturated heterocycles. The van der Waals surface area contributed by atoms with Gasteiger partial charge < -0.3 is 45.9 Å². The number of aromatic hydroxyl groups is 1. The minimum absolute atomic E-state index is 0.00412. The van der Waals surface area contributed by atoms with Crippen molar-refractivity contribution in [3.8, 4) is 18.1 Å². The second-order valence-electron chi connectivity index (χ2n) is 15.0. The molecule has 3 aromatic rings. The number of amides is 2. The summed E-state index contributed by atoms with van der Waals surface area (Å²) in [4.78, 5) is 92.3. The molecule has 5 atom stereocenters. The molecule has 0 aliphatic rings. The van der Waals surface area contributed by atoms with Crippen LogP contribution in [0, 0.1) is 24.2 Å². The van der Waals surface area contributed by atoms with Crippen LogP contribution in [0.3, 0.4) is 0 Å². The number of phenolic OH excluding ortho intramolecular Hbond substituents is 1. The van der Waals surface area contributed by atoms with E-state index in [1.165, 1.54) is 12.1 Å². The number of hydrogen-bond donors (Lipinski definition) is 6. The molecule has 0 aromatic heterocycles. The standard InChI is InChI=1S/C47H57N3O13/c1-2-19-61-21-23-63-24-22-62-20-9-14-41(52)40(31-45(57)58)50-47(60)36(30-44(55)56)29-43(54)39(27-33-12-7-4-8-13-33)49-46(59)35(25-34-15-17-37(51)18-16-34)28-42(53)38(48)26-32-10-5-3-6-11-32/h1,3-8,10-13,15-18,35-36,38-40,51H,9,14,19-31,48H2,(H,49,59)(H,50,60)(H,55,56)(H,57,58)/t35-,36+,38+,39+,40+/m1/s1. The number of rotatable bonds is 32. The van der Waals surface area contributed by atoms with Crippen LogP contribution in [0.1, 0.15) is 55.2 Å². The molecule has 63 heavy (non-hydrogen) atoms. The van der Waals surface area contributed by atoms with Crippen LogP contribution in [0.4, 0.5) is 0 Å². The summed E-state index contributed by atoms with van der Waals surface area (Å²) in [5.74, 6) is -6.54. The number of Topliss-reactive ketones (excluding diaryl/α,β-unsaturated/α-hetero) is 3.